The number of aromatic hydroxyl groups is 1. The van der Waals surface area contributed by atoms with E-state index >= 15 is 0 Å². The van der Waals surface area contributed by atoms with Gasteiger partial charge in [0.2, 0.25) is 0 Å². The van der Waals surface area contributed by atoms with Crippen LogP contribution >= 0.6 is 11.8 Å². The van der Waals surface area contributed by atoms with Gasteiger partial charge in [-0.15, -0.1) is 0 Å². The lowest BCUT2D eigenvalue weighted by Gasteiger charge is -2.05. The van der Waals surface area contributed by atoms with Crippen LogP contribution in [0, 0.1) is 11.3 Å². The van der Waals surface area contributed by atoms with Crippen LogP contribution in [0.25, 0.3) is 11.0 Å². The van der Waals surface area contributed by atoms with Crippen LogP contribution in [0.4, 0.5) is 0 Å². The van der Waals surface area contributed by atoms with Gasteiger partial charge in [-0.3, -0.25) is 0 Å². The summed E-state index contributed by atoms with van der Waals surface area (Å²) in [6.07, 6.45) is 0. The minimum absolute atomic E-state index is 0.0868. The van der Waals surface area contributed by atoms with E-state index in [0.29, 0.717) is 16.5 Å². The van der Waals surface area contributed by atoms with E-state index in [9.17, 15) is 9.90 Å². The lowest BCUT2D eigenvalue weighted by atomic mass is 10.2. The molecule has 1 aromatic heterocycles. The zero-order valence-corrected chi connectivity index (χ0v) is 11.6. The molecule has 102 valence electrons. The lowest BCUT2D eigenvalue weighted by Crippen LogP contribution is -2.02. The maximum atomic E-state index is 12.0. The van der Waals surface area contributed by atoms with E-state index in [2.05, 4.69) is 0 Å². The second-order valence-electron chi connectivity index (χ2n) is 4.30. The van der Waals surface area contributed by atoms with Crippen molar-refractivity contribution in [1.29, 1.82) is 5.26 Å². The predicted molar refractivity (Wildman–Crippen MR) is 79.4 cm³/mol. The molecule has 0 unspecified atom stereocenters. The van der Waals surface area contributed by atoms with Crippen molar-refractivity contribution < 1.29 is 9.52 Å². The van der Waals surface area contributed by atoms with Gasteiger partial charge in [0.25, 0.3) is 0 Å². The number of nitriles is 1. The van der Waals surface area contributed by atoms with Gasteiger partial charge in [0, 0.05) is 4.90 Å². The molecule has 1 N–H and O–H groups in total. The molecule has 4 nitrogen and oxygen atoms in total. The average molecular weight is 295 g/mol. The fraction of sp³-hybridized carbons (Fsp3) is 0. The fourth-order valence-corrected chi connectivity index (χ4v) is 2.76. The topological polar surface area (TPSA) is 74.2 Å². The third-order valence-electron chi connectivity index (χ3n) is 2.95. The molecule has 0 fully saturated rings. The molecule has 0 bridgehead atoms. The summed E-state index contributed by atoms with van der Waals surface area (Å²) >= 11 is 1.11. The molecule has 1 heterocycles. The molecule has 0 aliphatic rings. The van der Waals surface area contributed by atoms with Crippen molar-refractivity contribution in [3.05, 3.63) is 64.5 Å². The van der Waals surface area contributed by atoms with E-state index in [4.69, 9.17) is 9.68 Å². The fourth-order valence-electron chi connectivity index (χ4n) is 1.92. The number of hydrogen-bond acceptors (Lipinski definition) is 5. The highest BCUT2D eigenvalue weighted by Crippen LogP contribution is 2.36. The lowest BCUT2D eigenvalue weighted by molar-refractivity contribution is 0.447. The molecule has 0 aliphatic carbocycles. The van der Waals surface area contributed by atoms with Crippen molar-refractivity contribution in [1.82, 2.24) is 0 Å². The van der Waals surface area contributed by atoms with Gasteiger partial charge in [0.1, 0.15) is 16.2 Å². The van der Waals surface area contributed by atoms with Gasteiger partial charge >= 0.3 is 5.63 Å². The average Bonchev–Trinajstić information content (AvgIpc) is 2.52. The molecule has 0 radical (unpaired) electrons. The Morgan fingerprint density at radius 2 is 1.81 bits per heavy atom. The Hall–Kier alpha value is -2.71. The summed E-state index contributed by atoms with van der Waals surface area (Å²) in [5, 5.41) is 19.5. The molecule has 2 aromatic carbocycles. The largest absolute Gasteiger partial charge is 0.506 e. The summed E-state index contributed by atoms with van der Waals surface area (Å²) in [5.74, 6) is -0.0868. The van der Waals surface area contributed by atoms with E-state index in [1.54, 1.807) is 48.5 Å². The summed E-state index contributed by atoms with van der Waals surface area (Å²) in [6, 6.07) is 15.6. The second kappa shape index (κ2) is 5.35. The molecule has 0 spiro atoms. The molecule has 0 amide bonds. The van der Waals surface area contributed by atoms with Gasteiger partial charge in [-0.05, 0) is 36.4 Å². The van der Waals surface area contributed by atoms with Crippen LogP contribution < -0.4 is 5.63 Å². The van der Waals surface area contributed by atoms with Crippen LogP contribution in [0.1, 0.15) is 5.56 Å². The normalized spacial score (nSPS) is 10.4. The van der Waals surface area contributed by atoms with Crippen LogP contribution in [-0.2, 0) is 0 Å². The van der Waals surface area contributed by atoms with Crippen molar-refractivity contribution >= 4 is 22.7 Å². The Kier molecular flexibility index (Phi) is 3.38. The Bertz CT molecular complexity index is 907. The monoisotopic (exact) mass is 295 g/mol. The van der Waals surface area contributed by atoms with E-state index in [1.165, 1.54) is 0 Å². The first-order valence-electron chi connectivity index (χ1n) is 6.12. The molecule has 5 heteroatoms. The van der Waals surface area contributed by atoms with Gasteiger partial charge in [0.15, 0.2) is 0 Å². The van der Waals surface area contributed by atoms with E-state index in [-0.39, 0.29) is 10.6 Å². The number of fused-ring (bicyclic) bond motifs is 1. The minimum atomic E-state index is -0.583. The minimum Gasteiger partial charge on any atom is -0.506 e. The molecule has 21 heavy (non-hydrogen) atoms. The Balaban J connectivity index is 2.08. The SMILES string of the molecule is N#Cc1ccc(Sc2c(O)c3ccccc3oc2=O)cc1. The van der Waals surface area contributed by atoms with Gasteiger partial charge in [-0.25, -0.2) is 4.79 Å². The first-order valence-corrected chi connectivity index (χ1v) is 6.93. The molecular weight excluding hydrogens is 286 g/mol. The third-order valence-corrected chi connectivity index (χ3v) is 4.02. The summed E-state index contributed by atoms with van der Waals surface area (Å²) in [4.78, 5) is 12.9. The van der Waals surface area contributed by atoms with Crippen LogP contribution in [0.3, 0.4) is 0 Å². The summed E-state index contributed by atoms with van der Waals surface area (Å²) in [6.45, 7) is 0. The van der Waals surface area contributed by atoms with Crippen LogP contribution in [0.5, 0.6) is 5.75 Å². The standard InChI is InChI=1S/C16H9NO3S/c17-9-10-5-7-11(8-6-10)21-15-14(18)12-3-1-2-4-13(12)20-16(15)19/h1-8,18H. The highest BCUT2D eigenvalue weighted by molar-refractivity contribution is 7.99. The van der Waals surface area contributed by atoms with Crippen LogP contribution in [0.2, 0.25) is 0 Å². The van der Waals surface area contributed by atoms with E-state index in [0.717, 1.165) is 16.7 Å². The van der Waals surface area contributed by atoms with E-state index in [1.807, 2.05) is 6.07 Å². The summed E-state index contributed by atoms with van der Waals surface area (Å²) in [7, 11) is 0. The zero-order chi connectivity index (χ0) is 14.8. The van der Waals surface area contributed by atoms with Crippen molar-refractivity contribution in [2.24, 2.45) is 0 Å². The molecular formula is C16H9NO3S. The highest BCUT2D eigenvalue weighted by Gasteiger charge is 2.14. The molecule has 0 saturated carbocycles. The molecule has 0 saturated heterocycles. The van der Waals surface area contributed by atoms with Crippen LogP contribution in [-0.4, -0.2) is 5.11 Å². The maximum absolute atomic E-state index is 12.0. The number of benzene rings is 2. The third kappa shape index (κ3) is 2.49. The van der Waals surface area contributed by atoms with Crippen molar-refractivity contribution in [2.45, 2.75) is 9.79 Å². The quantitative estimate of drug-likeness (QED) is 0.732. The number of rotatable bonds is 2. The van der Waals surface area contributed by atoms with Crippen molar-refractivity contribution in [2.75, 3.05) is 0 Å². The maximum Gasteiger partial charge on any atom is 0.354 e. The van der Waals surface area contributed by atoms with Gasteiger partial charge < -0.3 is 9.52 Å². The summed E-state index contributed by atoms with van der Waals surface area (Å²) in [5.41, 5.74) is 0.304. The highest BCUT2D eigenvalue weighted by atomic mass is 32.2. The smallest absolute Gasteiger partial charge is 0.354 e. The van der Waals surface area contributed by atoms with Crippen molar-refractivity contribution in [3.63, 3.8) is 0 Å². The van der Waals surface area contributed by atoms with Gasteiger partial charge in [-0.2, -0.15) is 5.26 Å². The van der Waals surface area contributed by atoms with Gasteiger partial charge in [0.05, 0.1) is 17.0 Å². The Morgan fingerprint density at radius 1 is 1.10 bits per heavy atom. The number of nitrogens with zero attached hydrogens (tertiary/aromatic N) is 1. The zero-order valence-electron chi connectivity index (χ0n) is 10.7. The van der Waals surface area contributed by atoms with Crippen LogP contribution in [0.15, 0.2) is 67.5 Å². The van der Waals surface area contributed by atoms with E-state index < -0.39 is 5.63 Å². The Morgan fingerprint density at radius 3 is 2.52 bits per heavy atom. The number of para-hydroxylation sites is 1. The molecule has 3 aromatic rings. The van der Waals surface area contributed by atoms with Crippen molar-refractivity contribution in [3.8, 4) is 11.8 Å². The first-order chi connectivity index (χ1) is 10.2. The summed E-state index contributed by atoms with van der Waals surface area (Å²) < 4.78 is 5.20. The van der Waals surface area contributed by atoms with Gasteiger partial charge in [-0.1, -0.05) is 23.9 Å². The number of hydrogen-bond donors (Lipinski definition) is 1. The molecule has 3 rings (SSSR count). The Labute approximate surface area is 124 Å². The predicted octanol–water partition coefficient (Wildman–Crippen LogP) is 3.52. The molecule has 0 aliphatic heterocycles. The second-order valence-corrected chi connectivity index (χ2v) is 5.39. The molecule has 0 atom stereocenters. The first kappa shape index (κ1) is 13.3.